The predicted molar refractivity (Wildman–Crippen MR) is 88.0 cm³/mol. The molecule has 3 N–H and O–H groups in total. The second kappa shape index (κ2) is 10.6. The van der Waals surface area contributed by atoms with Crippen molar-refractivity contribution in [3.63, 3.8) is 0 Å². The van der Waals surface area contributed by atoms with Crippen LogP contribution in [0.3, 0.4) is 0 Å². The van der Waals surface area contributed by atoms with E-state index in [1.807, 2.05) is 20.8 Å². The fourth-order valence-electron chi connectivity index (χ4n) is 2.16. The van der Waals surface area contributed by atoms with Gasteiger partial charge in [-0.05, 0) is 37.6 Å². The molecule has 0 aliphatic rings. The van der Waals surface area contributed by atoms with E-state index in [0.717, 1.165) is 37.7 Å². The van der Waals surface area contributed by atoms with Gasteiger partial charge in [0.15, 0.2) is 0 Å². The number of aldehydes is 1. The summed E-state index contributed by atoms with van der Waals surface area (Å²) in [5.74, 6) is 0.213. The maximum atomic E-state index is 11.8. The van der Waals surface area contributed by atoms with E-state index < -0.39 is 0 Å². The van der Waals surface area contributed by atoms with Crippen molar-refractivity contribution in [1.82, 2.24) is 5.32 Å². The summed E-state index contributed by atoms with van der Waals surface area (Å²) in [4.78, 5) is 22.9. The van der Waals surface area contributed by atoms with Crippen LogP contribution in [0.15, 0.2) is 12.3 Å². The standard InChI is InChI=1S/C17H32N2O2/c1-14(8-6-5-7-11-18)19-15(13-20)9-10-16(21)12-17(2,3)4/h13,15,19H,1,5-12,18H2,2-4H3. The summed E-state index contributed by atoms with van der Waals surface area (Å²) in [6.45, 7) is 10.8. The molecule has 0 fully saturated rings. The largest absolute Gasteiger partial charge is 0.379 e. The number of carbonyl (C=O) groups excluding carboxylic acids is 2. The number of unbranched alkanes of at least 4 members (excludes halogenated alkanes) is 2. The lowest BCUT2D eigenvalue weighted by molar-refractivity contribution is -0.121. The van der Waals surface area contributed by atoms with Crippen LogP contribution >= 0.6 is 0 Å². The summed E-state index contributed by atoms with van der Waals surface area (Å²) in [5.41, 5.74) is 6.32. The van der Waals surface area contributed by atoms with Gasteiger partial charge in [-0.25, -0.2) is 0 Å². The number of nitrogens with two attached hydrogens (primary N) is 1. The number of ketones is 1. The summed E-state index contributed by atoms with van der Waals surface area (Å²) in [6, 6.07) is -0.309. The monoisotopic (exact) mass is 296 g/mol. The third kappa shape index (κ3) is 12.3. The van der Waals surface area contributed by atoms with E-state index in [1.165, 1.54) is 0 Å². The molecular formula is C17H32N2O2. The number of nitrogens with one attached hydrogen (secondary N) is 1. The van der Waals surface area contributed by atoms with Crippen molar-refractivity contribution in [2.45, 2.75) is 71.8 Å². The van der Waals surface area contributed by atoms with Crippen LogP contribution in [0.5, 0.6) is 0 Å². The van der Waals surface area contributed by atoms with E-state index in [1.54, 1.807) is 0 Å². The molecule has 0 saturated carbocycles. The third-order valence-corrected chi connectivity index (χ3v) is 3.20. The molecule has 21 heavy (non-hydrogen) atoms. The molecule has 0 aromatic heterocycles. The zero-order valence-corrected chi connectivity index (χ0v) is 13.9. The fourth-order valence-corrected chi connectivity index (χ4v) is 2.16. The number of hydrogen-bond donors (Lipinski definition) is 2. The molecular weight excluding hydrogens is 264 g/mol. The van der Waals surface area contributed by atoms with Crippen LogP contribution in [0.4, 0.5) is 0 Å². The van der Waals surface area contributed by atoms with Crippen molar-refractivity contribution >= 4 is 12.1 Å². The van der Waals surface area contributed by atoms with E-state index in [9.17, 15) is 9.59 Å². The van der Waals surface area contributed by atoms with E-state index in [-0.39, 0.29) is 17.2 Å². The van der Waals surface area contributed by atoms with Gasteiger partial charge in [-0.2, -0.15) is 0 Å². The number of carbonyl (C=O) groups is 2. The molecule has 0 heterocycles. The summed E-state index contributed by atoms with van der Waals surface area (Å²) in [5, 5.41) is 3.12. The van der Waals surface area contributed by atoms with Crippen LogP contribution in [0.2, 0.25) is 0 Å². The van der Waals surface area contributed by atoms with E-state index in [0.29, 0.717) is 25.8 Å². The lowest BCUT2D eigenvalue weighted by atomic mass is 9.88. The highest BCUT2D eigenvalue weighted by Crippen LogP contribution is 2.20. The quantitative estimate of drug-likeness (QED) is 0.429. The summed E-state index contributed by atoms with van der Waals surface area (Å²) >= 11 is 0. The second-order valence-electron chi connectivity index (χ2n) is 6.90. The van der Waals surface area contributed by atoms with Gasteiger partial charge in [0.1, 0.15) is 12.1 Å². The van der Waals surface area contributed by atoms with Crippen molar-refractivity contribution in [2.24, 2.45) is 11.1 Å². The number of rotatable bonds is 12. The third-order valence-electron chi connectivity index (χ3n) is 3.20. The van der Waals surface area contributed by atoms with E-state index >= 15 is 0 Å². The van der Waals surface area contributed by atoms with Crippen LogP contribution in [0.25, 0.3) is 0 Å². The first-order valence-corrected chi connectivity index (χ1v) is 7.90. The molecule has 0 spiro atoms. The Morgan fingerprint density at radius 3 is 2.43 bits per heavy atom. The highest BCUT2D eigenvalue weighted by Gasteiger charge is 2.17. The van der Waals surface area contributed by atoms with Gasteiger partial charge in [0.25, 0.3) is 0 Å². The van der Waals surface area contributed by atoms with Gasteiger partial charge in [0.05, 0.1) is 6.04 Å². The second-order valence-corrected chi connectivity index (χ2v) is 6.90. The molecule has 4 heteroatoms. The molecule has 0 bridgehead atoms. The van der Waals surface area contributed by atoms with Gasteiger partial charge in [-0.15, -0.1) is 0 Å². The lowest BCUT2D eigenvalue weighted by Gasteiger charge is -2.19. The Balaban J connectivity index is 3.97. The van der Waals surface area contributed by atoms with Gasteiger partial charge in [0, 0.05) is 18.5 Å². The summed E-state index contributed by atoms with van der Waals surface area (Å²) < 4.78 is 0. The molecule has 0 saturated heterocycles. The van der Waals surface area contributed by atoms with Crippen LogP contribution < -0.4 is 11.1 Å². The maximum absolute atomic E-state index is 11.8. The van der Waals surface area contributed by atoms with Crippen molar-refractivity contribution < 1.29 is 9.59 Å². The van der Waals surface area contributed by atoms with Crippen LogP contribution in [0.1, 0.15) is 65.7 Å². The predicted octanol–water partition coefficient (Wildman–Crippen LogP) is 2.96. The van der Waals surface area contributed by atoms with Crippen LogP contribution in [-0.2, 0) is 9.59 Å². The van der Waals surface area contributed by atoms with Crippen molar-refractivity contribution in [3.05, 3.63) is 12.3 Å². The van der Waals surface area contributed by atoms with Gasteiger partial charge < -0.3 is 15.8 Å². The lowest BCUT2D eigenvalue weighted by Crippen LogP contribution is -2.30. The fraction of sp³-hybridized carbons (Fsp3) is 0.765. The molecule has 0 radical (unpaired) electrons. The Bertz CT molecular complexity index is 332. The highest BCUT2D eigenvalue weighted by molar-refractivity contribution is 5.79. The molecule has 0 aliphatic carbocycles. The average Bonchev–Trinajstić information content (AvgIpc) is 2.37. The topological polar surface area (TPSA) is 72.2 Å². The Kier molecular flexibility index (Phi) is 9.97. The van der Waals surface area contributed by atoms with Crippen molar-refractivity contribution in [2.75, 3.05) is 6.54 Å². The molecule has 1 unspecified atom stereocenters. The molecule has 0 rings (SSSR count). The van der Waals surface area contributed by atoms with Crippen LogP contribution in [0, 0.1) is 5.41 Å². The number of allylic oxidation sites excluding steroid dienone is 1. The van der Waals surface area contributed by atoms with E-state index in [2.05, 4.69) is 11.9 Å². The van der Waals surface area contributed by atoms with Gasteiger partial charge in [0.2, 0.25) is 0 Å². The molecule has 4 nitrogen and oxygen atoms in total. The zero-order valence-electron chi connectivity index (χ0n) is 13.9. The normalized spacial score (nSPS) is 12.8. The summed E-state index contributed by atoms with van der Waals surface area (Å²) in [6.07, 6.45) is 6.37. The minimum absolute atomic E-state index is 0.00771. The van der Waals surface area contributed by atoms with Crippen LogP contribution in [-0.4, -0.2) is 24.7 Å². The summed E-state index contributed by atoms with van der Waals surface area (Å²) in [7, 11) is 0. The SMILES string of the molecule is C=C(CCCCCN)NC(C=O)CCC(=O)CC(C)(C)C. The van der Waals surface area contributed by atoms with Gasteiger partial charge in [-0.1, -0.05) is 33.8 Å². The van der Waals surface area contributed by atoms with Crippen molar-refractivity contribution in [3.8, 4) is 0 Å². The first-order chi connectivity index (χ1) is 9.78. The number of Topliss-reactive ketones (excluding diaryl/α,β-unsaturated/α-hetero) is 1. The first-order valence-electron chi connectivity index (χ1n) is 7.90. The van der Waals surface area contributed by atoms with Gasteiger partial charge in [-0.3, -0.25) is 4.79 Å². The Morgan fingerprint density at radius 2 is 1.90 bits per heavy atom. The zero-order chi connectivity index (χ0) is 16.3. The first kappa shape index (κ1) is 19.8. The molecule has 122 valence electrons. The van der Waals surface area contributed by atoms with Gasteiger partial charge >= 0.3 is 0 Å². The average molecular weight is 296 g/mol. The number of hydrogen-bond acceptors (Lipinski definition) is 4. The molecule has 0 aliphatic heterocycles. The minimum Gasteiger partial charge on any atom is -0.379 e. The van der Waals surface area contributed by atoms with Crippen molar-refractivity contribution in [1.29, 1.82) is 0 Å². The Labute approximate surface area is 129 Å². The smallest absolute Gasteiger partial charge is 0.142 e. The Morgan fingerprint density at radius 1 is 1.24 bits per heavy atom. The van der Waals surface area contributed by atoms with E-state index in [4.69, 9.17) is 5.73 Å². The molecule has 0 amide bonds. The minimum atomic E-state index is -0.309. The Hall–Kier alpha value is -1.16. The molecule has 0 aromatic carbocycles. The molecule has 1 atom stereocenters. The highest BCUT2D eigenvalue weighted by atomic mass is 16.1. The maximum Gasteiger partial charge on any atom is 0.142 e. The molecule has 0 aromatic rings.